The smallest absolute Gasteiger partial charge is 0.475 e. The van der Waals surface area contributed by atoms with Crippen LogP contribution in [-0.4, -0.2) is 81.2 Å². The van der Waals surface area contributed by atoms with Crippen LogP contribution in [0.3, 0.4) is 0 Å². The number of benzene rings is 4. The number of amides is 3. The van der Waals surface area contributed by atoms with E-state index in [9.17, 15) is 32.3 Å². The number of nitrogens with one attached hydrogen (secondary N) is 3. The van der Waals surface area contributed by atoms with Crippen LogP contribution in [-0.2, 0) is 4.79 Å². The molecule has 10 rings (SSSR count). The third-order valence-electron chi connectivity index (χ3n) is 12.7. The number of aliphatic carboxylic acids is 1. The van der Waals surface area contributed by atoms with Crippen LogP contribution >= 0.6 is 46.4 Å². The number of alkyl halides is 3. The van der Waals surface area contributed by atoms with Crippen LogP contribution in [0.4, 0.5) is 13.2 Å². The number of aromatic nitrogens is 2. The summed E-state index contributed by atoms with van der Waals surface area (Å²) in [5.41, 5.74) is 9.24. The van der Waals surface area contributed by atoms with E-state index in [-0.39, 0.29) is 45.6 Å². The van der Waals surface area contributed by atoms with Gasteiger partial charge < -0.3 is 40.7 Å². The summed E-state index contributed by atoms with van der Waals surface area (Å²) in [6, 6.07) is 31.8. The molecule has 2 saturated carbocycles. The van der Waals surface area contributed by atoms with E-state index >= 15 is 0 Å². The van der Waals surface area contributed by atoms with Gasteiger partial charge in [0.1, 0.15) is 22.6 Å². The number of carboxylic acids is 2. The van der Waals surface area contributed by atoms with Crippen molar-refractivity contribution in [2.75, 3.05) is 13.1 Å². The Hall–Kier alpha value is -6.96. The average molecular weight is 1130 g/mol. The summed E-state index contributed by atoms with van der Waals surface area (Å²) in [6.45, 7) is 1.32. The van der Waals surface area contributed by atoms with E-state index in [0.717, 1.165) is 85.1 Å². The van der Waals surface area contributed by atoms with Crippen LogP contribution in [0.2, 0.25) is 20.1 Å². The fourth-order valence-electron chi connectivity index (χ4n) is 8.59. The Morgan fingerprint density at radius 2 is 0.947 bits per heavy atom. The summed E-state index contributed by atoms with van der Waals surface area (Å²) >= 11 is 23.7. The van der Waals surface area contributed by atoms with Crippen LogP contribution in [0.5, 0.6) is 0 Å². The van der Waals surface area contributed by atoms with Crippen molar-refractivity contribution in [3.8, 4) is 0 Å². The monoisotopic (exact) mass is 1130 g/mol. The highest BCUT2D eigenvalue weighted by atomic mass is 35.5. The molecule has 2 aliphatic carbocycles. The van der Waals surface area contributed by atoms with Gasteiger partial charge in [0.2, 0.25) is 5.76 Å². The van der Waals surface area contributed by atoms with Gasteiger partial charge >= 0.3 is 18.1 Å². The molecular formula is C54H55Cl4F3N6O9. The van der Waals surface area contributed by atoms with E-state index < -0.39 is 18.1 Å². The Morgan fingerprint density at radius 1 is 0.553 bits per heavy atom. The van der Waals surface area contributed by atoms with E-state index in [2.05, 4.69) is 25.9 Å². The summed E-state index contributed by atoms with van der Waals surface area (Å²) < 4.78 is 42.4. The molecule has 0 radical (unpaired) electrons. The molecule has 22 heteroatoms. The zero-order valence-electron chi connectivity index (χ0n) is 40.1. The summed E-state index contributed by atoms with van der Waals surface area (Å²) in [4.78, 5) is 65.9. The van der Waals surface area contributed by atoms with Gasteiger partial charge in [-0.3, -0.25) is 14.4 Å². The summed E-state index contributed by atoms with van der Waals surface area (Å²) in [5, 5.41) is 30.7. The van der Waals surface area contributed by atoms with Crippen LogP contribution < -0.4 is 21.7 Å². The number of carboxylic acid groups (broad SMARTS) is 2. The lowest BCUT2D eigenvalue weighted by atomic mass is 9.86. The number of nitrogens with zero attached hydrogens (tertiary/aromatic N) is 2. The summed E-state index contributed by atoms with van der Waals surface area (Å²) in [7, 11) is 0. The van der Waals surface area contributed by atoms with E-state index in [1.165, 1.54) is 6.07 Å². The number of pyridine rings is 2. The maximum Gasteiger partial charge on any atom is 0.490 e. The van der Waals surface area contributed by atoms with Gasteiger partial charge in [-0.1, -0.05) is 58.5 Å². The predicted molar refractivity (Wildman–Crippen MR) is 291 cm³/mol. The molecule has 404 valence electrons. The van der Waals surface area contributed by atoms with E-state index in [1.807, 2.05) is 36.4 Å². The number of halogens is 7. The second-order valence-electron chi connectivity index (χ2n) is 18.1. The maximum atomic E-state index is 12.7. The second kappa shape index (κ2) is 25.7. The Balaban J connectivity index is 0.000000256. The van der Waals surface area contributed by atoms with Crippen molar-refractivity contribution in [3.05, 3.63) is 152 Å². The van der Waals surface area contributed by atoms with Gasteiger partial charge in [0, 0.05) is 64.5 Å². The molecule has 2 fully saturated rings. The van der Waals surface area contributed by atoms with Crippen molar-refractivity contribution in [2.24, 2.45) is 17.6 Å². The molecule has 4 aromatic carbocycles. The predicted octanol–water partition coefficient (Wildman–Crippen LogP) is 13.3. The quantitative estimate of drug-likeness (QED) is 0.0791. The number of nitrogens with two attached hydrogens (primary N) is 1. The first-order valence-corrected chi connectivity index (χ1v) is 25.4. The molecular weight excluding hydrogens is 1080 g/mol. The van der Waals surface area contributed by atoms with Crippen molar-refractivity contribution in [1.29, 1.82) is 0 Å². The molecule has 8 aromatic rings. The van der Waals surface area contributed by atoms with Crippen molar-refractivity contribution in [1.82, 2.24) is 25.9 Å². The Labute approximate surface area is 456 Å². The normalized spacial score (nSPS) is 17.3. The first-order chi connectivity index (χ1) is 36.2. The number of rotatable bonds is 9. The number of aromatic carboxylic acids is 1. The van der Waals surface area contributed by atoms with E-state index in [4.69, 9.17) is 76.0 Å². The van der Waals surface area contributed by atoms with Crippen LogP contribution in [0.15, 0.2) is 118 Å². The topological polar surface area (TPSA) is 240 Å². The lowest BCUT2D eigenvalue weighted by Crippen LogP contribution is -2.40. The highest BCUT2D eigenvalue weighted by Gasteiger charge is 2.38. The third-order valence-corrected chi connectivity index (χ3v) is 13.6. The van der Waals surface area contributed by atoms with E-state index in [1.54, 1.807) is 66.7 Å². The Kier molecular flexibility index (Phi) is 19.2. The van der Waals surface area contributed by atoms with Gasteiger partial charge in [0.05, 0.1) is 11.0 Å². The zero-order chi connectivity index (χ0) is 54.7. The van der Waals surface area contributed by atoms with E-state index in [0.29, 0.717) is 66.4 Å². The summed E-state index contributed by atoms with van der Waals surface area (Å²) in [6.07, 6.45) is 2.65. The molecule has 4 heterocycles. The fourth-order valence-corrected chi connectivity index (χ4v) is 9.31. The van der Waals surface area contributed by atoms with Gasteiger partial charge in [0.15, 0.2) is 5.76 Å². The third kappa shape index (κ3) is 15.8. The van der Waals surface area contributed by atoms with Gasteiger partial charge in [0.25, 0.3) is 17.7 Å². The van der Waals surface area contributed by atoms with Crippen LogP contribution in [0.25, 0.3) is 43.7 Å². The average Bonchev–Trinajstić information content (AvgIpc) is 4.03. The molecule has 76 heavy (non-hydrogen) atoms. The van der Waals surface area contributed by atoms with Crippen molar-refractivity contribution in [2.45, 2.75) is 69.6 Å². The molecule has 0 atom stereocenters. The highest BCUT2D eigenvalue weighted by molar-refractivity contribution is 6.32. The largest absolute Gasteiger partial charge is 0.490 e. The highest BCUT2D eigenvalue weighted by Crippen LogP contribution is 2.28. The number of hydrogen-bond acceptors (Lipinski definition) is 10. The van der Waals surface area contributed by atoms with Gasteiger partial charge in [-0.15, -0.1) is 0 Å². The van der Waals surface area contributed by atoms with Crippen molar-refractivity contribution < 1.29 is 60.5 Å². The lowest BCUT2D eigenvalue weighted by molar-refractivity contribution is -0.192. The summed E-state index contributed by atoms with van der Waals surface area (Å²) in [5.74, 6) is -3.16. The van der Waals surface area contributed by atoms with Gasteiger partial charge in [-0.05, 0) is 167 Å². The molecule has 4 aromatic heterocycles. The molecule has 0 bridgehead atoms. The molecule has 15 nitrogen and oxygen atoms in total. The van der Waals surface area contributed by atoms with Crippen LogP contribution in [0.1, 0.15) is 97.7 Å². The SMILES string of the molecule is NCC1CCC(NC(=O)c2ccc3cc(Cl)ccc3n2)CC1.O=C(NC1CCC(CNC(=O)c2cc3cc(Cl)ccc3o2)CC1)c1ccc2cc(Cl)ccc2n1.O=C(O)C(F)(F)F.O=C(O)c1cc2cc(Cl)ccc2o1.[HH].[HH].[HH]. The maximum absolute atomic E-state index is 12.7. The number of furan rings is 2. The van der Waals surface area contributed by atoms with Gasteiger partial charge in [-0.2, -0.15) is 13.2 Å². The minimum absolute atomic E-state index is 0. The first kappa shape index (κ1) is 56.8. The minimum Gasteiger partial charge on any atom is -0.475 e. The molecule has 0 unspecified atom stereocenters. The molecule has 3 amide bonds. The second-order valence-corrected chi connectivity index (χ2v) is 19.8. The zero-order valence-corrected chi connectivity index (χ0v) is 43.2. The molecule has 0 saturated heterocycles. The van der Waals surface area contributed by atoms with Gasteiger partial charge in [-0.25, -0.2) is 19.6 Å². The number of carbonyl (C=O) groups is 5. The van der Waals surface area contributed by atoms with Crippen molar-refractivity contribution >= 4 is 120 Å². The van der Waals surface area contributed by atoms with Crippen LogP contribution in [0, 0.1) is 11.8 Å². The lowest BCUT2D eigenvalue weighted by Gasteiger charge is -2.29. The Morgan fingerprint density at radius 3 is 1.37 bits per heavy atom. The number of hydrogen-bond donors (Lipinski definition) is 6. The fraction of sp³-hybridized carbons (Fsp3) is 0.278. The minimum atomic E-state index is -5.08. The molecule has 2 aliphatic rings. The standard InChI is InChI=1S/C26H23Cl2N3O3.C17H20ClN3O.C9H5ClO3.C2HF3O2.3H2/c27-18-4-9-21-16(11-18)3-8-22(31-21)25(32)30-20-6-1-15(2-7-20)14-29-26(33)24-13-17-12-19(28)5-10-23(17)34-24;18-13-4-8-15-12(9-13)3-7-16(21-15)17(22)20-14-5-1-11(10-19)2-6-14;10-6-1-2-7-5(3-6)4-8(13-7)9(11)12;3-2(4,5)1(6)7;;;/h3-5,8-13,15,20H,1-2,6-7,14H2,(H,29,33)(H,30,32);3-4,7-9,11,14H,1-2,5-6,10,19H2,(H,20,22);1-4H,(H,11,12);(H,6,7);3*1H. The Bertz CT molecular complexity index is 3410. The van der Waals surface area contributed by atoms with Crippen molar-refractivity contribution in [3.63, 3.8) is 0 Å². The number of fused-ring (bicyclic) bond motifs is 4. The molecule has 0 aliphatic heterocycles. The molecule has 7 N–H and O–H groups in total. The molecule has 0 spiro atoms. The first-order valence-electron chi connectivity index (χ1n) is 23.9. The number of carbonyl (C=O) groups excluding carboxylic acids is 3.